The van der Waals surface area contributed by atoms with Crippen molar-refractivity contribution in [3.8, 4) is 0 Å². The first-order valence-corrected chi connectivity index (χ1v) is 9.04. The molecule has 4 N–H and O–H groups in total. The molecule has 1 amide bonds. The number of sulfonamides is 1. The Morgan fingerprint density at radius 3 is 2.48 bits per heavy atom. The minimum Gasteiger partial charge on any atom is -0.345 e. The molecule has 1 aliphatic rings. The first-order valence-electron chi connectivity index (χ1n) is 7.55. The number of hydrogen-bond acceptors (Lipinski definition) is 4. The maximum atomic E-state index is 12.3. The van der Waals surface area contributed by atoms with Gasteiger partial charge in [0, 0.05) is 18.7 Å². The van der Waals surface area contributed by atoms with Gasteiger partial charge < -0.3 is 11.1 Å². The van der Waals surface area contributed by atoms with Gasteiger partial charge in [-0.1, -0.05) is 6.08 Å². The van der Waals surface area contributed by atoms with E-state index >= 15 is 0 Å². The number of amides is 1. The van der Waals surface area contributed by atoms with Gasteiger partial charge in [0.15, 0.2) is 0 Å². The van der Waals surface area contributed by atoms with Crippen molar-refractivity contribution in [2.24, 2.45) is 11.7 Å². The second-order valence-electron chi connectivity index (χ2n) is 6.01. The van der Waals surface area contributed by atoms with Gasteiger partial charge in [0.1, 0.15) is 0 Å². The van der Waals surface area contributed by atoms with Crippen LogP contribution in [-0.4, -0.2) is 33.0 Å². The molecule has 0 bridgehead atoms. The Balaban J connectivity index is 2.10. The standard InChI is InChI=1S/C16H23N3O3S/c1-3-10-18-23(21,22)14-8-4-12(5-9-14)15(20)19-16(2,11-17)13-6-7-13/h3-5,8-9,13,18H,1,6-7,10-11,17H2,2H3,(H,19,20). The van der Waals surface area contributed by atoms with E-state index in [1.807, 2.05) is 6.92 Å². The molecule has 2 rings (SSSR count). The third-order valence-electron chi connectivity index (χ3n) is 4.15. The highest BCUT2D eigenvalue weighted by atomic mass is 32.2. The van der Waals surface area contributed by atoms with Crippen LogP contribution in [0.3, 0.4) is 0 Å². The van der Waals surface area contributed by atoms with E-state index in [4.69, 9.17) is 5.73 Å². The lowest BCUT2D eigenvalue weighted by Gasteiger charge is -2.29. The summed E-state index contributed by atoms with van der Waals surface area (Å²) in [6, 6.07) is 5.83. The van der Waals surface area contributed by atoms with Crippen LogP contribution in [0, 0.1) is 5.92 Å². The molecule has 7 heteroatoms. The first kappa shape index (κ1) is 17.7. The third kappa shape index (κ3) is 4.19. The smallest absolute Gasteiger partial charge is 0.251 e. The maximum absolute atomic E-state index is 12.3. The average molecular weight is 337 g/mol. The first-order chi connectivity index (χ1) is 10.8. The molecule has 1 saturated carbocycles. The second-order valence-corrected chi connectivity index (χ2v) is 7.78. The van der Waals surface area contributed by atoms with Gasteiger partial charge in [-0.2, -0.15) is 0 Å². The predicted octanol–water partition coefficient (Wildman–Crippen LogP) is 1.01. The van der Waals surface area contributed by atoms with E-state index in [1.165, 1.54) is 30.3 Å². The summed E-state index contributed by atoms with van der Waals surface area (Å²) < 4.78 is 26.3. The van der Waals surface area contributed by atoms with Gasteiger partial charge in [0.05, 0.1) is 10.4 Å². The van der Waals surface area contributed by atoms with Crippen molar-refractivity contribution in [1.29, 1.82) is 0 Å². The molecule has 1 aromatic carbocycles. The SMILES string of the molecule is C=CCNS(=O)(=O)c1ccc(C(=O)NC(C)(CN)C2CC2)cc1. The fourth-order valence-electron chi connectivity index (χ4n) is 2.41. The normalized spacial score (nSPS) is 17.3. The minimum absolute atomic E-state index is 0.111. The van der Waals surface area contributed by atoms with Crippen molar-refractivity contribution in [3.05, 3.63) is 42.5 Å². The lowest BCUT2D eigenvalue weighted by atomic mass is 9.95. The zero-order valence-electron chi connectivity index (χ0n) is 13.2. The molecule has 0 heterocycles. The summed E-state index contributed by atoms with van der Waals surface area (Å²) in [6.07, 6.45) is 3.60. The van der Waals surface area contributed by atoms with Gasteiger partial charge >= 0.3 is 0 Å². The predicted molar refractivity (Wildman–Crippen MR) is 89.5 cm³/mol. The molecule has 23 heavy (non-hydrogen) atoms. The average Bonchev–Trinajstić information content (AvgIpc) is 3.38. The fourth-order valence-corrected chi connectivity index (χ4v) is 3.41. The number of hydrogen-bond donors (Lipinski definition) is 3. The molecule has 1 aliphatic carbocycles. The van der Waals surface area contributed by atoms with Gasteiger partial charge in [-0.05, 0) is 49.9 Å². The van der Waals surface area contributed by atoms with Crippen LogP contribution in [0.15, 0.2) is 41.8 Å². The molecule has 0 aliphatic heterocycles. The summed E-state index contributed by atoms with van der Waals surface area (Å²) in [5.41, 5.74) is 5.79. The summed E-state index contributed by atoms with van der Waals surface area (Å²) >= 11 is 0. The van der Waals surface area contributed by atoms with E-state index in [-0.39, 0.29) is 17.3 Å². The molecule has 1 aromatic rings. The van der Waals surface area contributed by atoms with E-state index in [1.54, 1.807) is 0 Å². The quantitative estimate of drug-likeness (QED) is 0.616. The highest BCUT2D eigenvalue weighted by molar-refractivity contribution is 7.89. The Kier molecular flexibility index (Phi) is 5.23. The largest absolute Gasteiger partial charge is 0.345 e. The molecule has 0 saturated heterocycles. The molecule has 1 fully saturated rings. The molecule has 126 valence electrons. The van der Waals surface area contributed by atoms with Crippen LogP contribution in [0.2, 0.25) is 0 Å². The summed E-state index contributed by atoms with van der Waals surface area (Å²) in [5, 5.41) is 2.97. The van der Waals surface area contributed by atoms with Crippen LogP contribution in [0.25, 0.3) is 0 Å². The number of nitrogens with two attached hydrogens (primary N) is 1. The van der Waals surface area contributed by atoms with Gasteiger partial charge in [-0.3, -0.25) is 4.79 Å². The van der Waals surface area contributed by atoms with Gasteiger partial charge in [0.2, 0.25) is 10.0 Å². The Bertz CT molecular complexity index is 681. The van der Waals surface area contributed by atoms with E-state index in [0.717, 1.165) is 12.8 Å². The molecule has 1 unspecified atom stereocenters. The highest BCUT2D eigenvalue weighted by Gasteiger charge is 2.41. The second kappa shape index (κ2) is 6.82. The van der Waals surface area contributed by atoms with E-state index in [9.17, 15) is 13.2 Å². The number of benzene rings is 1. The number of carbonyl (C=O) groups is 1. The van der Waals surface area contributed by atoms with Crippen molar-refractivity contribution in [1.82, 2.24) is 10.0 Å². The van der Waals surface area contributed by atoms with Crippen molar-refractivity contribution in [2.45, 2.75) is 30.2 Å². The van der Waals surface area contributed by atoms with Crippen molar-refractivity contribution < 1.29 is 13.2 Å². The molecular weight excluding hydrogens is 314 g/mol. The Hall–Kier alpha value is -1.70. The summed E-state index contributed by atoms with van der Waals surface area (Å²) in [5.74, 6) is 0.173. The van der Waals surface area contributed by atoms with Gasteiger partial charge in [-0.25, -0.2) is 13.1 Å². The number of nitrogens with one attached hydrogen (secondary N) is 2. The fraction of sp³-hybridized carbons (Fsp3) is 0.438. The zero-order chi connectivity index (χ0) is 17.1. The van der Waals surface area contributed by atoms with Crippen LogP contribution in [-0.2, 0) is 10.0 Å². The minimum atomic E-state index is -3.58. The lowest BCUT2D eigenvalue weighted by Crippen LogP contribution is -2.53. The number of rotatable bonds is 8. The monoisotopic (exact) mass is 337 g/mol. The zero-order valence-corrected chi connectivity index (χ0v) is 14.0. The van der Waals surface area contributed by atoms with Crippen molar-refractivity contribution in [3.63, 3.8) is 0 Å². The molecular formula is C16H23N3O3S. The Morgan fingerprint density at radius 1 is 1.39 bits per heavy atom. The third-order valence-corrected chi connectivity index (χ3v) is 5.59. The van der Waals surface area contributed by atoms with Crippen molar-refractivity contribution >= 4 is 15.9 Å². The Morgan fingerprint density at radius 2 is 2.00 bits per heavy atom. The number of carbonyl (C=O) groups excluding carboxylic acids is 1. The summed E-state index contributed by atoms with van der Waals surface area (Å²) in [4.78, 5) is 12.5. The molecule has 0 radical (unpaired) electrons. The van der Waals surface area contributed by atoms with Crippen LogP contribution in [0.1, 0.15) is 30.1 Å². The summed E-state index contributed by atoms with van der Waals surface area (Å²) in [7, 11) is -3.58. The van der Waals surface area contributed by atoms with E-state index in [2.05, 4.69) is 16.6 Å². The highest BCUT2D eigenvalue weighted by Crippen LogP contribution is 2.39. The van der Waals surface area contributed by atoms with E-state index < -0.39 is 15.6 Å². The summed E-state index contributed by atoms with van der Waals surface area (Å²) in [6.45, 7) is 5.94. The molecule has 1 atom stereocenters. The van der Waals surface area contributed by atoms with E-state index in [0.29, 0.717) is 18.0 Å². The van der Waals surface area contributed by atoms with Crippen LogP contribution in [0.5, 0.6) is 0 Å². The van der Waals surface area contributed by atoms with Crippen molar-refractivity contribution in [2.75, 3.05) is 13.1 Å². The topological polar surface area (TPSA) is 101 Å². The van der Waals surface area contributed by atoms with Crippen LogP contribution >= 0.6 is 0 Å². The Labute approximate surface area is 137 Å². The van der Waals surface area contributed by atoms with Crippen LogP contribution in [0.4, 0.5) is 0 Å². The lowest BCUT2D eigenvalue weighted by molar-refractivity contribution is 0.0897. The van der Waals surface area contributed by atoms with Gasteiger partial charge in [-0.15, -0.1) is 6.58 Å². The maximum Gasteiger partial charge on any atom is 0.251 e. The molecule has 0 spiro atoms. The van der Waals surface area contributed by atoms with Crippen LogP contribution < -0.4 is 15.8 Å². The van der Waals surface area contributed by atoms with Gasteiger partial charge in [0.25, 0.3) is 5.91 Å². The molecule has 6 nitrogen and oxygen atoms in total. The molecule has 0 aromatic heterocycles.